The molecule has 164 valence electrons. The van der Waals surface area contributed by atoms with Gasteiger partial charge in [-0.1, -0.05) is 62.7 Å². The summed E-state index contributed by atoms with van der Waals surface area (Å²) in [4.78, 5) is 33.6. The van der Waals surface area contributed by atoms with E-state index >= 15 is 0 Å². The maximum Gasteiger partial charge on any atom is 0.326 e. The van der Waals surface area contributed by atoms with Crippen molar-refractivity contribution in [2.45, 2.75) is 44.9 Å². The van der Waals surface area contributed by atoms with Crippen molar-refractivity contribution in [3.63, 3.8) is 0 Å². The number of hydrogen-bond acceptors (Lipinski definition) is 4. The second-order valence-corrected chi connectivity index (χ2v) is 9.48. The lowest BCUT2D eigenvalue weighted by atomic mass is 9.80. The maximum absolute atomic E-state index is 12.7. The minimum atomic E-state index is -0.483. The third-order valence-corrected chi connectivity index (χ3v) is 5.83. The molecule has 1 atom stereocenters. The molecule has 0 saturated carbocycles. The van der Waals surface area contributed by atoms with Gasteiger partial charge in [0.25, 0.3) is 0 Å². The second-order valence-electron chi connectivity index (χ2n) is 9.04. The zero-order valence-electron chi connectivity index (χ0n) is 18.3. The van der Waals surface area contributed by atoms with Crippen molar-refractivity contribution in [1.29, 1.82) is 0 Å². The highest BCUT2D eigenvalue weighted by Crippen LogP contribution is 2.33. The number of amides is 2. The van der Waals surface area contributed by atoms with Gasteiger partial charge in [-0.15, -0.1) is 0 Å². The Morgan fingerprint density at radius 1 is 1.06 bits per heavy atom. The third-order valence-electron chi connectivity index (χ3n) is 5.60. The minimum absolute atomic E-state index is 0.0195. The van der Waals surface area contributed by atoms with E-state index in [1.165, 1.54) is 11.8 Å². The molecule has 2 N–H and O–H groups in total. The normalized spacial score (nSPS) is 15.8. The van der Waals surface area contributed by atoms with Gasteiger partial charge in [0, 0.05) is 23.3 Å². The maximum atomic E-state index is 12.7. The lowest BCUT2D eigenvalue weighted by Gasteiger charge is -2.25. The van der Waals surface area contributed by atoms with E-state index < -0.39 is 6.03 Å². The fourth-order valence-corrected chi connectivity index (χ4v) is 4.02. The van der Waals surface area contributed by atoms with Crippen molar-refractivity contribution in [3.8, 4) is 0 Å². The molecule has 6 nitrogen and oxygen atoms in total. The van der Waals surface area contributed by atoms with Gasteiger partial charge >= 0.3 is 6.03 Å². The number of benzene rings is 2. The Balaban J connectivity index is 1.49. The fraction of sp³-hybridized carbons (Fsp3) is 0.280. The molecule has 0 spiro atoms. The van der Waals surface area contributed by atoms with Gasteiger partial charge in [0.05, 0.1) is 11.3 Å². The van der Waals surface area contributed by atoms with Crippen LogP contribution in [0.4, 0.5) is 16.4 Å². The number of carbonyl (C=O) groups is 2. The van der Waals surface area contributed by atoms with Crippen LogP contribution in [0, 0.1) is 0 Å². The Kier molecular flexibility index (Phi) is 5.98. The molecule has 2 aromatic carbocycles. The lowest BCUT2D eigenvalue weighted by molar-refractivity contribution is 0.0962. The number of rotatable bonds is 3. The van der Waals surface area contributed by atoms with Crippen molar-refractivity contribution < 1.29 is 9.59 Å². The van der Waals surface area contributed by atoms with E-state index in [9.17, 15) is 9.59 Å². The van der Waals surface area contributed by atoms with Crippen LogP contribution in [0.15, 0.2) is 54.7 Å². The van der Waals surface area contributed by atoms with Gasteiger partial charge in [0.1, 0.15) is 0 Å². The summed E-state index contributed by atoms with van der Waals surface area (Å²) >= 11 is 5.95. The summed E-state index contributed by atoms with van der Waals surface area (Å²) in [5.41, 5.74) is 4.18. The summed E-state index contributed by atoms with van der Waals surface area (Å²) in [5, 5.41) is 5.84. The molecule has 1 aliphatic rings. The predicted molar refractivity (Wildman–Crippen MR) is 127 cm³/mol. The Hall–Kier alpha value is -3.25. The van der Waals surface area contributed by atoms with Crippen LogP contribution in [0.3, 0.4) is 0 Å². The number of halogens is 1. The summed E-state index contributed by atoms with van der Waals surface area (Å²) in [5.74, 6) is 0.220. The van der Waals surface area contributed by atoms with E-state index in [1.807, 2.05) is 0 Å². The number of nitrogens with zero attached hydrogens (tertiary/aromatic N) is 2. The smallest absolute Gasteiger partial charge is 0.308 e. The average Bonchev–Trinajstić information content (AvgIpc) is 2.73. The molecule has 1 aliphatic carbocycles. The van der Waals surface area contributed by atoms with Crippen molar-refractivity contribution >= 4 is 35.1 Å². The van der Waals surface area contributed by atoms with Crippen LogP contribution >= 0.6 is 11.6 Å². The molecule has 1 heterocycles. The molecule has 4 rings (SSSR count). The first-order valence-corrected chi connectivity index (χ1v) is 10.9. The van der Waals surface area contributed by atoms with E-state index in [1.54, 1.807) is 24.3 Å². The number of ketones is 1. The first-order valence-electron chi connectivity index (χ1n) is 10.5. The highest BCUT2D eigenvalue weighted by molar-refractivity contribution is 6.30. The van der Waals surface area contributed by atoms with Crippen molar-refractivity contribution in [2.75, 3.05) is 10.6 Å². The number of hydrogen-bond donors (Lipinski definition) is 2. The number of carbonyl (C=O) groups excluding carboxylic acids is 2. The predicted octanol–water partition coefficient (Wildman–Crippen LogP) is 5.98. The van der Waals surface area contributed by atoms with Crippen molar-refractivity contribution in [1.82, 2.24) is 9.97 Å². The number of fused-ring (bicyclic) bond motifs is 1. The topological polar surface area (TPSA) is 84.0 Å². The Morgan fingerprint density at radius 3 is 2.50 bits per heavy atom. The van der Waals surface area contributed by atoms with Gasteiger partial charge in [0.2, 0.25) is 5.95 Å². The molecule has 32 heavy (non-hydrogen) atoms. The number of anilines is 2. The minimum Gasteiger partial charge on any atom is -0.308 e. The molecular weight excluding hydrogens is 424 g/mol. The number of Topliss-reactive ketones (excluding diaryl/α,β-unsaturated/α-hetero) is 1. The largest absolute Gasteiger partial charge is 0.326 e. The Morgan fingerprint density at radius 2 is 1.81 bits per heavy atom. The van der Waals surface area contributed by atoms with E-state index in [0.29, 0.717) is 34.8 Å². The van der Waals surface area contributed by atoms with Crippen LogP contribution in [-0.2, 0) is 11.8 Å². The first kappa shape index (κ1) is 22.0. The van der Waals surface area contributed by atoms with Gasteiger partial charge in [-0.25, -0.2) is 14.8 Å². The highest BCUT2D eigenvalue weighted by atomic mass is 35.5. The van der Waals surface area contributed by atoms with Crippen LogP contribution in [0.25, 0.3) is 0 Å². The van der Waals surface area contributed by atoms with Gasteiger partial charge in [-0.2, -0.15) is 0 Å². The summed E-state index contributed by atoms with van der Waals surface area (Å²) in [6.07, 6.45) is 2.54. The van der Waals surface area contributed by atoms with E-state index in [0.717, 1.165) is 5.56 Å². The zero-order valence-corrected chi connectivity index (χ0v) is 19.0. The van der Waals surface area contributed by atoms with Crippen LogP contribution in [0.5, 0.6) is 0 Å². The van der Waals surface area contributed by atoms with E-state index in [2.05, 4.69) is 65.6 Å². The monoisotopic (exact) mass is 448 g/mol. The SMILES string of the molecule is CC(C)(C)c1ccc([C@@H]2CC(=O)c3cnc(NC(=O)Nc4cccc(Cl)c4)nc3C2)cc1. The quantitative estimate of drug-likeness (QED) is 0.515. The molecule has 1 aromatic heterocycles. The van der Waals surface area contributed by atoms with Crippen molar-refractivity contribution in [2.24, 2.45) is 0 Å². The average molecular weight is 449 g/mol. The van der Waals surface area contributed by atoms with Gasteiger partial charge in [-0.3, -0.25) is 10.1 Å². The highest BCUT2D eigenvalue weighted by Gasteiger charge is 2.28. The standard InChI is InChI=1S/C25H25ClN4O2/c1-25(2,3)17-9-7-15(8-10-17)16-11-21-20(22(31)12-16)14-27-23(29-21)30-24(32)28-19-6-4-5-18(26)13-19/h4-10,13-14,16H,11-12H2,1-3H3,(H2,27,28,29,30,32)/t16-/m0/s1. The summed E-state index contributed by atoms with van der Waals surface area (Å²) in [7, 11) is 0. The number of aromatic nitrogens is 2. The van der Waals surface area contributed by atoms with Crippen molar-refractivity contribution in [3.05, 3.63) is 82.1 Å². The molecule has 2 amide bonds. The summed E-state index contributed by atoms with van der Waals surface area (Å²) in [6, 6.07) is 14.8. The molecule has 0 aliphatic heterocycles. The number of nitrogens with one attached hydrogen (secondary N) is 2. The Bertz CT molecular complexity index is 1170. The third kappa shape index (κ3) is 4.97. The molecule has 0 unspecified atom stereocenters. The molecule has 0 fully saturated rings. The van der Waals surface area contributed by atoms with Crippen LogP contribution in [-0.4, -0.2) is 21.8 Å². The fourth-order valence-electron chi connectivity index (χ4n) is 3.83. The van der Waals surface area contributed by atoms with Crippen LogP contribution < -0.4 is 10.6 Å². The molecule has 7 heteroatoms. The first-order chi connectivity index (χ1) is 15.2. The lowest BCUT2D eigenvalue weighted by Crippen LogP contribution is -2.24. The van der Waals surface area contributed by atoms with Crippen LogP contribution in [0.2, 0.25) is 5.02 Å². The van der Waals surface area contributed by atoms with E-state index in [4.69, 9.17) is 11.6 Å². The molecule has 0 bridgehead atoms. The van der Waals surface area contributed by atoms with E-state index in [-0.39, 0.29) is 23.1 Å². The number of urea groups is 1. The second kappa shape index (κ2) is 8.71. The van der Waals surface area contributed by atoms with Crippen LogP contribution in [0.1, 0.15) is 60.3 Å². The molecule has 0 saturated heterocycles. The van der Waals surface area contributed by atoms with Gasteiger partial charge < -0.3 is 5.32 Å². The van der Waals surface area contributed by atoms with Gasteiger partial charge in [-0.05, 0) is 47.1 Å². The molecular formula is C25H25ClN4O2. The zero-order chi connectivity index (χ0) is 22.9. The molecule has 3 aromatic rings. The Labute approximate surface area is 192 Å². The van der Waals surface area contributed by atoms with Gasteiger partial charge in [0.15, 0.2) is 5.78 Å². The molecule has 0 radical (unpaired) electrons. The summed E-state index contributed by atoms with van der Waals surface area (Å²) in [6.45, 7) is 6.53. The summed E-state index contributed by atoms with van der Waals surface area (Å²) < 4.78 is 0.